The summed E-state index contributed by atoms with van der Waals surface area (Å²) in [6.45, 7) is 9.94. The van der Waals surface area contributed by atoms with Crippen molar-refractivity contribution in [2.75, 3.05) is 26.4 Å². The van der Waals surface area contributed by atoms with Crippen LogP contribution >= 0.6 is 0 Å². The average Bonchev–Trinajstić information content (AvgIpc) is 3.39. The fourth-order valence-corrected chi connectivity index (χ4v) is 9.58. The van der Waals surface area contributed by atoms with Crippen LogP contribution in [0.25, 0.3) is 28.4 Å². The van der Waals surface area contributed by atoms with Gasteiger partial charge < -0.3 is 38.6 Å². The van der Waals surface area contributed by atoms with Gasteiger partial charge in [0, 0.05) is 40.7 Å². The molecule has 0 amide bonds. The third-order valence-corrected chi connectivity index (χ3v) is 13.2. The topological polar surface area (TPSA) is 95.8 Å². The zero-order chi connectivity index (χ0) is 48.4. The predicted octanol–water partition coefficient (Wildman–Crippen LogP) is 13.3. The van der Waals surface area contributed by atoms with Crippen molar-refractivity contribution in [3.8, 4) is 34.8 Å². The molecule has 6 aromatic rings. The highest BCUT2D eigenvalue weighted by Crippen LogP contribution is 2.49. The molecule has 2 saturated heterocycles. The van der Waals surface area contributed by atoms with Crippen LogP contribution in [-0.2, 0) is 9.47 Å². The summed E-state index contributed by atoms with van der Waals surface area (Å²) in [6, 6.07) is 45.5. The fourth-order valence-electron chi connectivity index (χ4n) is 9.58. The van der Waals surface area contributed by atoms with Gasteiger partial charge in [-0.2, -0.15) is 0 Å². The summed E-state index contributed by atoms with van der Waals surface area (Å²) in [5, 5.41) is 18.1. The number of hydrogen-bond acceptors (Lipinski definition) is 8. The van der Waals surface area contributed by atoms with Crippen LogP contribution in [0.5, 0.6) is 23.0 Å². The lowest BCUT2D eigenvalue weighted by molar-refractivity contribution is -0.106. The first-order chi connectivity index (χ1) is 34.2. The molecule has 0 radical (unpaired) electrons. The zero-order valence-corrected chi connectivity index (χ0v) is 40.6. The number of rotatable bonds is 10. The second-order valence-electron chi connectivity index (χ2n) is 18.3. The number of allylic oxidation sites excluding steroid dienone is 2. The number of fused-ring (bicyclic) bond motifs is 2. The van der Waals surface area contributed by atoms with Gasteiger partial charge in [0.2, 0.25) is 0 Å². The molecule has 6 aromatic carbocycles. The number of aliphatic hydroxyl groups excluding tert-OH is 2. The molecule has 0 aromatic heterocycles. The minimum absolute atomic E-state index is 0.0279. The Hall–Kier alpha value is -6.86. The van der Waals surface area contributed by atoms with E-state index in [0.29, 0.717) is 0 Å². The molecule has 4 atom stereocenters. The Morgan fingerprint density at radius 3 is 1.53 bits per heavy atom. The quantitative estimate of drug-likeness (QED) is 0.131. The smallest absolute Gasteiger partial charge is 0.199 e. The lowest BCUT2D eigenvalue weighted by Crippen LogP contribution is -2.25. The van der Waals surface area contributed by atoms with E-state index in [1.807, 2.05) is 42.5 Å². The third-order valence-electron chi connectivity index (χ3n) is 13.2. The van der Waals surface area contributed by atoms with E-state index in [4.69, 9.17) is 38.6 Å². The Kier molecular flexibility index (Phi) is 15.6. The maximum Gasteiger partial charge on any atom is 0.199 e. The van der Waals surface area contributed by atoms with Gasteiger partial charge in [0.1, 0.15) is 41.8 Å². The molecule has 10 rings (SSSR count). The van der Waals surface area contributed by atoms with E-state index in [-0.39, 0.29) is 38.0 Å². The monoisotopic (exact) mass is 934 g/mol. The van der Waals surface area contributed by atoms with Crippen molar-refractivity contribution < 1.29 is 38.6 Å². The van der Waals surface area contributed by atoms with E-state index in [9.17, 15) is 0 Å². The molecule has 70 heavy (non-hydrogen) atoms. The molecule has 2 N–H and O–H groups in total. The number of aliphatic hydroxyl groups is 2. The van der Waals surface area contributed by atoms with Gasteiger partial charge in [0.05, 0.1) is 19.8 Å². The van der Waals surface area contributed by atoms with Crippen LogP contribution in [0.3, 0.4) is 0 Å². The molecule has 8 nitrogen and oxygen atoms in total. The Bertz CT molecular complexity index is 2920. The van der Waals surface area contributed by atoms with Crippen molar-refractivity contribution in [1.82, 2.24) is 0 Å². The van der Waals surface area contributed by atoms with Gasteiger partial charge in [-0.3, -0.25) is 0 Å². The first-order valence-corrected chi connectivity index (χ1v) is 24.6. The van der Waals surface area contributed by atoms with Crippen molar-refractivity contribution in [3.63, 3.8) is 0 Å². The van der Waals surface area contributed by atoms with Crippen LogP contribution in [0.4, 0.5) is 0 Å². The predicted molar refractivity (Wildman–Crippen MR) is 278 cm³/mol. The Morgan fingerprint density at radius 2 is 1.07 bits per heavy atom. The van der Waals surface area contributed by atoms with Crippen LogP contribution in [0, 0.1) is 25.7 Å². The van der Waals surface area contributed by atoms with Gasteiger partial charge in [-0.15, -0.1) is 0 Å². The number of aryl methyl sites for hydroxylation is 2. The van der Waals surface area contributed by atoms with Gasteiger partial charge in [0.15, 0.2) is 12.6 Å². The summed E-state index contributed by atoms with van der Waals surface area (Å²) in [7, 11) is 0. The summed E-state index contributed by atoms with van der Waals surface area (Å²) in [5.74, 6) is 9.06. The maximum absolute atomic E-state index is 9.08. The average molecular weight is 935 g/mol. The number of ether oxygens (including phenoxy) is 6. The lowest BCUT2D eigenvalue weighted by atomic mass is 9.85. The highest BCUT2D eigenvalue weighted by Gasteiger charge is 2.32. The number of benzene rings is 6. The Labute approximate surface area is 412 Å². The lowest BCUT2D eigenvalue weighted by Gasteiger charge is -2.31. The second kappa shape index (κ2) is 22.7. The van der Waals surface area contributed by atoms with Gasteiger partial charge in [0.25, 0.3) is 0 Å². The van der Waals surface area contributed by atoms with Crippen LogP contribution in [0.1, 0.15) is 120 Å². The van der Waals surface area contributed by atoms with E-state index in [0.717, 1.165) is 130 Å². The van der Waals surface area contributed by atoms with Gasteiger partial charge in [-0.1, -0.05) is 108 Å². The van der Waals surface area contributed by atoms with Crippen molar-refractivity contribution in [3.05, 3.63) is 195 Å². The second-order valence-corrected chi connectivity index (χ2v) is 18.3. The summed E-state index contributed by atoms with van der Waals surface area (Å²) in [5.41, 5.74) is 15.5. The largest absolute Gasteiger partial charge is 0.480 e. The first-order valence-electron chi connectivity index (χ1n) is 24.6. The molecule has 4 aliphatic heterocycles. The highest BCUT2D eigenvalue weighted by molar-refractivity contribution is 5.97. The van der Waals surface area contributed by atoms with Crippen LogP contribution < -0.4 is 18.9 Å². The van der Waals surface area contributed by atoms with Crippen molar-refractivity contribution in [2.45, 2.75) is 91.0 Å². The molecule has 4 heterocycles. The first kappa shape index (κ1) is 48.2. The van der Waals surface area contributed by atoms with E-state index < -0.39 is 0 Å². The molecule has 358 valence electrons. The van der Waals surface area contributed by atoms with E-state index >= 15 is 0 Å². The van der Waals surface area contributed by atoms with Gasteiger partial charge in [-0.05, 0) is 153 Å². The zero-order valence-electron chi connectivity index (χ0n) is 40.6. The van der Waals surface area contributed by atoms with Gasteiger partial charge >= 0.3 is 0 Å². The van der Waals surface area contributed by atoms with E-state index in [1.54, 1.807) is 6.08 Å². The molecule has 4 unspecified atom stereocenters. The van der Waals surface area contributed by atoms with E-state index in [2.05, 4.69) is 137 Å². The Balaban J connectivity index is 0.000000174. The molecular formula is C62H62O8. The molecule has 0 aliphatic carbocycles. The van der Waals surface area contributed by atoms with Crippen LogP contribution in [-0.4, -0.2) is 49.2 Å². The fraction of sp³-hybridized carbons (Fsp3) is 0.290. The van der Waals surface area contributed by atoms with Crippen LogP contribution in [0.2, 0.25) is 0 Å². The molecule has 0 bridgehead atoms. The van der Waals surface area contributed by atoms with Crippen LogP contribution in [0.15, 0.2) is 140 Å². The number of hydrogen-bond donors (Lipinski definition) is 2. The SMILES string of the molecule is CC1=C(c2cccc(OC3CCCCO3)c2)C(c2ccc(/C=C/CO)cc2)Oc2ccc(C)cc21.CC1=C(c2cccc(OC3CCCCO3)c2)C(c2ccc(C#CCO)cc2)Oc2ccc(C)cc21. The highest BCUT2D eigenvalue weighted by atomic mass is 16.7. The minimum atomic E-state index is -0.272. The van der Waals surface area contributed by atoms with Gasteiger partial charge in [-0.25, -0.2) is 0 Å². The molecule has 8 heteroatoms. The summed E-state index contributed by atoms with van der Waals surface area (Å²) in [4.78, 5) is 0. The summed E-state index contributed by atoms with van der Waals surface area (Å²) in [6.07, 6.45) is 9.03. The minimum Gasteiger partial charge on any atom is -0.480 e. The van der Waals surface area contributed by atoms with Crippen molar-refractivity contribution in [2.24, 2.45) is 0 Å². The van der Waals surface area contributed by atoms with Crippen molar-refractivity contribution >= 4 is 28.4 Å². The van der Waals surface area contributed by atoms with Crippen molar-refractivity contribution in [1.29, 1.82) is 0 Å². The summed E-state index contributed by atoms with van der Waals surface area (Å²) >= 11 is 0. The molecule has 0 spiro atoms. The maximum atomic E-state index is 9.08. The Morgan fingerprint density at radius 1 is 0.571 bits per heavy atom. The molecule has 0 saturated carbocycles. The standard InChI is InChI=1S/C31H32O4.C31H30O4/c2*1-21-11-16-28-27(19-21)22(2)30(31(35-28)24-14-12-23(13-15-24)7-6-17-32)25-8-5-9-26(20-25)34-29-10-3-4-18-33-29/h5-9,11-16,19-20,29,31-32H,3-4,10,17-18H2,1-2H3;5,8-9,11-16,19-20,29,31-32H,3-4,10,17-18H2,1-2H3/b7-6+;. The third kappa shape index (κ3) is 11.4. The normalized spacial score (nSPS) is 19.6. The van der Waals surface area contributed by atoms with E-state index in [1.165, 1.54) is 22.3 Å². The molecule has 4 aliphatic rings. The molecule has 2 fully saturated rings. The summed E-state index contributed by atoms with van der Waals surface area (Å²) < 4.78 is 37.2. The molecular weight excluding hydrogens is 873 g/mol.